The number of phenolic OH excluding ortho intramolecular Hbond substituents is 1. The van der Waals surface area contributed by atoms with E-state index in [1.807, 2.05) is 30.3 Å². The smallest absolute Gasteiger partial charge is 0.508 e. The molecule has 0 amide bonds. The largest absolute Gasteiger partial charge is 0.631 e. The van der Waals surface area contributed by atoms with E-state index in [0.29, 0.717) is 5.75 Å². The van der Waals surface area contributed by atoms with E-state index in [1.165, 1.54) is 0 Å². The molecule has 0 aliphatic rings. The van der Waals surface area contributed by atoms with Gasteiger partial charge in [-0.3, -0.25) is 0 Å². The topological polar surface area (TPSA) is 80.9 Å². The lowest BCUT2D eigenvalue weighted by atomic mass is 10.1. The summed E-state index contributed by atoms with van der Waals surface area (Å²) in [6.45, 7) is 0. The van der Waals surface area contributed by atoms with Crippen LogP contribution in [0.15, 0.2) is 42.5 Å². The molecule has 4 nitrogen and oxygen atoms in total. The summed E-state index contributed by atoms with van der Waals surface area (Å²) in [5, 5.41) is 32.9. The van der Waals surface area contributed by atoms with Gasteiger partial charge in [0.15, 0.2) is 0 Å². The quantitative estimate of drug-likeness (QED) is 0.473. The maximum absolute atomic E-state index is 9.13. The molecule has 0 aliphatic heterocycles. The van der Waals surface area contributed by atoms with Gasteiger partial charge in [0.2, 0.25) is 0 Å². The van der Waals surface area contributed by atoms with Crippen molar-refractivity contribution in [2.24, 2.45) is 0 Å². The van der Waals surface area contributed by atoms with E-state index in [9.17, 15) is 0 Å². The SMILES string of the molecule is OB(O)O.Oc1ccc2ccccc2c1. The first-order valence-electron chi connectivity index (χ1n) is 4.31. The van der Waals surface area contributed by atoms with Crippen LogP contribution in [0.3, 0.4) is 0 Å². The fourth-order valence-electron chi connectivity index (χ4n) is 1.18. The molecule has 2 rings (SSSR count). The summed E-state index contributed by atoms with van der Waals surface area (Å²) in [6.07, 6.45) is 0. The summed E-state index contributed by atoms with van der Waals surface area (Å²) in [5.41, 5.74) is 0. The molecule has 0 bridgehead atoms. The lowest BCUT2D eigenvalue weighted by molar-refractivity contribution is 0.278. The minimum atomic E-state index is -2.17. The Bertz CT molecular complexity index is 428. The van der Waals surface area contributed by atoms with Crippen molar-refractivity contribution < 1.29 is 20.2 Å². The van der Waals surface area contributed by atoms with Crippen molar-refractivity contribution >= 4 is 18.1 Å². The van der Waals surface area contributed by atoms with Crippen LogP contribution in [0.1, 0.15) is 0 Å². The van der Waals surface area contributed by atoms with Crippen LogP contribution in [0.4, 0.5) is 0 Å². The van der Waals surface area contributed by atoms with Crippen molar-refractivity contribution in [2.75, 3.05) is 0 Å². The van der Waals surface area contributed by atoms with Gasteiger partial charge in [-0.25, -0.2) is 0 Å². The molecule has 2 aromatic carbocycles. The fraction of sp³-hybridized carbons (Fsp3) is 0. The highest BCUT2D eigenvalue weighted by Gasteiger charge is 1.92. The monoisotopic (exact) mass is 206 g/mol. The molecule has 15 heavy (non-hydrogen) atoms. The Labute approximate surface area is 87.2 Å². The Kier molecular flexibility index (Phi) is 4.11. The highest BCUT2D eigenvalue weighted by Crippen LogP contribution is 2.18. The Balaban J connectivity index is 0.000000245. The van der Waals surface area contributed by atoms with Gasteiger partial charge in [0, 0.05) is 0 Å². The van der Waals surface area contributed by atoms with Crippen molar-refractivity contribution in [3.63, 3.8) is 0 Å². The van der Waals surface area contributed by atoms with Crippen LogP contribution in [-0.2, 0) is 0 Å². The summed E-state index contributed by atoms with van der Waals surface area (Å²) in [6, 6.07) is 13.3. The van der Waals surface area contributed by atoms with Crippen molar-refractivity contribution in [1.29, 1.82) is 0 Å². The number of aromatic hydroxyl groups is 1. The third-order valence-corrected chi connectivity index (χ3v) is 1.73. The fourth-order valence-corrected chi connectivity index (χ4v) is 1.18. The summed E-state index contributed by atoms with van der Waals surface area (Å²) in [7, 11) is -2.17. The molecule has 0 unspecified atom stereocenters. The zero-order valence-electron chi connectivity index (χ0n) is 7.91. The molecular weight excluding hydrogens is 195 g/mol. The number of hydrogen-bond acceptors (Lipinski definition) is 4. The molecule has 0 aliphatic carbocycles. The van der Waals surface area contributed by atoms with Crippen molar-refractivity contribution in [2.45, 2.75) is 0 Å². The van der Waals surface area contributed by atoms with Gasteiger partial charge in [-0.1, -0.05) is 30.3 Å². The minimum absolute atomic E-state index is 0.323. The predicted molar refractivity (Wildman–Crippen MR) is 58.0 cm³/mol. The number of fused-ring (bicyclic) bond motifs is 1. The second-order valence-electron chi connectivity index (χ2n) is 2.88. The molecule has 78 valence electrons. The van der Waals surface area contributed by atoms with Gasteiger partial charge < -0.3 is 20.2 Å². The number of benzene rings is 2. The molecule has 0 spiro atoms. The Morgan fingerprint density at radius 1 is 0.800 bits per heavy atom. The third-order valence-electron chi connectivity index (χ3n) is 1.73. The predicted octanol–water partition coefficient (Wildman–Crippen LogP) is 0.494. The third kappa shape index (κ3) is 3.99. The van der Waals surface area contributed by atoms with Gasteiger partial charge in [0.1, 0.15) is 5.75 Å². The van der Waals surface area contributed by atoms with E-state index < -0.39 is 7.32 Å². The second kappa shape index (κ2) is 5.36. The Morgan fingerprint density at radius 3 is 1.93 bits per heavy atom. The first-order valence-corrected chi connectivity index (χ1v) is 4.31. The lowest BCUT2D eigenvalue weighted by Crippen LogP contribution is -2.07. The first-order chi connectivity index (χ1) is 7.09. The van der Waals surface area contributed by atoms with Crippen LogP contribution in [0.25, 0.3) is 10.8 Å². The Morgan fingerprint density at radius 2 is 1.33 bits per heavy atom. The number of hydrogen-bond donors (Lipinski definition) is 4. The van der Waals surface area contributed by atoms with Crippen molar-refractivity contribution in [3.8, 4) is 5.75 Å². The molecule has 5 heteroatoms. The summed E-state index contributed by atoms with van der Waals surface area (Å²) < 4.78 is 0. The molecule has 0 saturated carbocycles. The van der Waals surface area contributed by atoms with E-state index in [4.69, 9.17) is 20.2 Å². The normalized spacial score (nSPS) is 9.27. The van der Waals surface area contributed by atoms with E-state index in [0.717, 1.165) is 10.8 Å². The molecule has 0 heterocycles. The molecule has 2 aromatic rings. The van der Waals surface area contributed by atoms with Crippen LogP contribution in [0, 0.1) is 0 Å². The average Bonchev–Trinajstić information content (AvgIpc) is 2.16. The van der Waals surface area contributed by atoms with E-state index in [1.54, 1.807) is 12.1 Å². The average molecular weight is 206 g/mol. The van der Waals surface area contributed by atoms with Gasteiger partial charge in [0.05, 0.1) is 0 Å². The summed E-state index contributed by atoms with van der Waals surface area (Å²) in [5.74, 6) is 0.323. The zero-order chi connectivity index (χ0) is 11.3. The molecule has 0 saturated heterocycles. The van der Waals surface area contributed by atoms with Crippen LogP contribution in [0.5, 0.6) is 5.75 Å². The zero-order valence-corrected chi connectivity index (χ0v) is 7.91. The van der Waals surface area contributed by atoms with Gasteiger partial charge in [0.25, 0.3) is 0 Å². The molecule has 0 aromatic heterocycles. The van der Waals surface area contributed by atoms with Gasteiger partial charge in [-0.05, 0) is 22.9 Å². The summed E-state index contributed by atoms with van der Waals surface area (Å²) in [4.78, 5) is 0. The van der Waals surface area contributed by atoms with Crippen LogP contribution < -0.4 is 0 Å². The van der Waals surface area contributed by atoms with Crippen molar-refractivity contribution in [3.05, 3.63) is 42.5 Å². The molecule has 0 radical (unpaired) electrons. The first kappa shape index (κ1) is 11.5. The maximum Gasteiger partial charge on any atom is 0.631 e. The van der Waals surface area contributed by atoms with Crippen LogP contribution >= 0.6 is 0 Å². The Hall–Kier alpha value is -1.56. The van der Waals surface area contributed by atoms with E-state index >= 15 is 0 Å². The van der Waals surface area contributed by atoms with E-state index in [2.05, 4.69) is 0 Å². The van der Waals surface area contributed by atoms with Crippen LogP contribution in [-0.4, -0.2) is 27.5 Å². The van der Waals surface area contributed by atoms with Gasteiger partial charge in [-0.15, -0.1) is 0 Å². The van der Waals surface area contributed by atoms with E-state index in [-0.39, 0.29) is 0 Å². The van der Waals surface area contributed by atoms with Gasteiger partial charge >= 0.3 is 7.32 Å². The maximum atomic E-state index is 9.13. The minimum Gasteiger partial charge on any atom is -0.508 e. The number of rotatable bonds is 0. The molecular formula is C10H11BO4. The highest BCUT2D eigenvalue weighted by atomic mass is 16.5. The highest BCUT2D eigenvalue weighted by molar-refractivity contribution is 6.30. The van der Waals surface area contributed by atoms with Crippen LogP contribution in [0.2, 0.25) is 0 Å². The second-order valence-corrected chi connectivity index (χ2v) is 2.88. The summed E-state index contributed by atoms with van der Waals surface area (Å²) >= 11 is 0. The van der Waals surface area contributed by atoms with Gasteiger partial charge in [-0.2, -0.15) is 0 Å². The molecule has 4 N–H and O–H groups in total. The number of phenols is 1. The standard InChI is InChI=1S/C10H8O.BH3O3/c11-10-6-5-8-3-1-2-4-9(8)7-10;2-1(3)4/h1-7,11H;2-4H. The lowest BCUT2D eigenvalue weighted by Gasteiger charge is -1.96. The van der Waals surface area contributed by atoms with Crippen molar-refractivity contribution in [1.82, 2.24) is 0 Å². The molecule has 0 fully saturated rings. The molecule has 0 atom stereocenters.